The summed E-state index contributed by atoms with van der Waals surface area (Å²) in [5.41, 5.74) is 4.61. The third-order valence-electron chi connectivity index (χ3n) is 6.11. The zero-order valence-corrected chi connectivity index (χ0v) is 21.1. The van der Waals surface area contributed by atoms with Gasteiger partial charge in [0, 0.05) is 25.3 Å². The van der Waals surface area contributed by atoms with Crippen molar-refractivity contribution in [3.63, 3.8) is 0 Å². The third-order valence-corrected chi connectivity index (χ3v) is 7.15. The number of ether oxygens (including phenoxy) is 1. The molecule has 4 aromatic rings. The van der Waals surface area contributed by atoms with Crippen LogP contribution >= 0.6 is 11.8 Å². The molecule has 0 aliphatic rings. The minimum absolute atomic E-state index is 0.0525. The smallest absolute Gasteiger partial charge is 0.262 e. The van der Waals surface area contributed by atoms with E-state index in [1.165, 1.54) is 17.3 Å². The number of para-hydroxylation sites is 1. The third kappa shape index (κ3) is 4.52. The van der Waals surface area contributed by atoms with Gasteiger partial charge in [-0.25, -0.2) is 0 Å². The van der Waals surface area contributed by atoms with Gasteiger partial charge in [-0.05, 0) is 75.9 Å². The van der Waals surface area contributed by atoms with Gasteiger partial charge in [0.25, 0.3) is 5.56 Å². The maximum Gasteiger partial charge on any atom is 0.262 e. The molecule has 0 aliphatic carbocycles. The molecule has 0 fully saturated rings. The van der Waals surface area contributed by atoms with Crippen molar-refractivity contribution < 1.29 is 9.53 Å². The molecule has 0 saturated heterocycles. The number of aryl methyl sites for hydroxylation is 4. The molecule has 2 heterocycles. The summed E-state index contributed by atoms with van der Waals surface area (Å²) in [5, 5.41) is 9.57. The van der Waals surface area contributed by atoms with Crippen LogP contribution in [0.3, 0.4) is 0 Å². The molecule has 2 aromatic heterocycles. The van der Waals surface area contributed by atoms with Gasteiger partial charge in [0.15, 0.2) is 10.9 Å². The highest BCUT2D eigenvalue weighted by Crippen LogP contribution is 2.28. The van der Waals surface area contributed by atoms with Crippen LogP contribution in [-0.4, -0.2) is 43.4 Å². The molecule has 0 aliphatic heterocycles. The molecule has 2 aromatic carbocycles. The number of Topliss-reactive ketones (excluding diaryl/α,β-unsaturated/α-hetero) is 1. The molecule has 0 N–H and O–H groups in total. The zero-order chi connectivity index (χ0) is 24.4. The summed E-state index contributed by atoms with van der Waals surface area (Å²) < 4.78 is 8.99. The first-order valence-electron chi connectivity index (χ1n) is 11.6. The summed E-state index contributed by atoms with van der Waals surface area (Å²) in [5.74, 6) is 0.529. The van der Waals surface area contributed by atoms with Gasteiger partial charge in [-0.3, -0.25) is 18.6 Å². The molecule has 1 atom stereocenters. The van der Waals surface area contributed by atoms with Crippen molar-refractivity contribution in [2.24, 2.45) is 0 Å². The van der Waals surface area contributed by atoms with E-state index in [-0.39, 0.29) is 16.6 Å². The van der Waals surface area contributed by atoms with Crippen LogP contribution in [0.4, 0.5) is 0 Å². The summed E-state index contributed by atoms with van der Waals surface area (Å²) in [6, 6.07) is 11.5. The number of thioether (sulfide) groups is 1. The predicted molar refractivity (Wildman–Crippen MR) is 136 cm³/mol. The highest BCUT2D eigenvalue weighted by atomic mass is 32.2. The SMILES string of the molecule is CCOCCCn1c(=O)c2ccccc2n2c(SC(C)C(=O)c3cc(C)c(C)cc3C)nnc12. The number of nitrogens with zero attached hydrogens (tertiary/aromatic N) is 4. The van der Waals surface area contributed by atoms with Crippen molar-refractivity contribution in [3.8, 4) is 0 Å². The molecule has 0 amide bonds. The minimum atomic E-state index is -0.370. The zero-order valence-electron chi connectivity index (χ0n) is 20.3. The molecular weight excluding hydrogens is 448 g/mol. The van der Waals surface area contributed by atoms with Gasteiger partial charge < -0.3 is 4.74 Å². The van der Waals surface area contributed by atoms with Crippen molar-refractivity contribution in [1.29, 1.82) is 0 Å². The summed E-state index contributed by atoms with van der Waals surface area (Å²) >= 11 is 1.36. The number of carbonyl (C=O) groups is 1. The van der Waals surface area contributed by atoms with Crippen molar-refractivity contribution in [1.82, 2.24) is 19.2 Å². The second-order valence-electron chi connectivity index (χ2n) is 8.52. The van der Waals surface area contributed by atoms with Crippen LogP contribution in [0, 0.1) is 20.8 Å². The van der Waals surface area contributed by atoms with Crippen molar-refractivity contribution in [2.45, 2.75) is 58.0 Å². The molecule has 0 bridgehead atoms. The van der Waals surface area contributed by atoms with E-state index in [1.54, 1.807) is 4.57 Å². The Morgan fingerprint density at radius 3 is 2.59 bits per heavy atom. The summed E-state index contributed by atoms with van der Waals surface area (Å²) in [7, 11) is 0. The molecular formula is C26H30N4O3S. The quantitative estimate of drug-likeness (QED) is 0.196. The van der Waals surface area contributed by atoms with E-state index >= 15 is 0 Å². The summed E-state index contributed by atoms with van der Waals surface area (Å²) in [6.07, 6.45) is 0.692. The van der Waals surface area contributed by atoms with Gasteiger partial charge in [-0.2, -0.15) is 0 Å². The number of hydrogen-bond acceptors (Lipinski definition) is 6. The Labute approximate surface area is 203 Å². The number of fused-ring (bicyclic) bond motifs is 3. The largest absolute Gasteiger partial charge is 0.382 e. The maximum atomic E-state index is 13.3. The lowest BCUT2D eigenvalue weighted by Gasteiger charge is -2.14. The van der Waals surface area contributed by atoms with E-state index in [0.29, 0.717) is 42.5 Å². The molecule has 8 heteroatoms. The minimum Gasteiger partial charge on any atom is -0.382 e. The van der Waals surface area contributed by atoms with Gasteiger partial charge >= 0.3 is 0 Å². The number of benzene rings is 2. The number of ketones is 1. The van der Waals surface area contributed by atoms with Crippen LogP contribution in [0.15, 0.2) is 46.3 Å². The van der Waals surface area contributed by atoms with Gasteiger partial charge in [0.1, 0.15) is 0 Å². The molecule has 34 heavy (non-hydrogen) atoms. The summed E-state index contributed by atoms with van der Waals surface area (Å²) in [4.78, 5) is 26.5. The number of rotatable bonds is 9. The molecule has 0 radical (unpaired) electrons. The maximum absolute atomic E-state index is 13.3. The topological polar surface area (TPSA) is 78.5 Å². The fraction of sp³-hybridized carbons (Fsp3) is 0.385. The average molecular weight is 479 g/mol. The predicted octanol–water partition coefficient (Wildman–Crippen LogP) is 4.76. The monoisotopic (exact) mass is 478 g/mol. The first-order valence-corrected chi connectivity index (χ1v) is 12.4. The second-order valence-corrected chi connectivity index (χ2v) is 9.83. The first kappa shape index (κ1) is 24.2. The first-order chi connectivity index (χ1) is 16.3. The van der Waals surface area contributed by atoms with Crippen molar-refractivity contribution in [3.05, 3.63) is 69.0 Å². The molecule has 178 valence electrons. The van der Waals surface area contributed by atoms with Gasteiger partial charge in [-0.15, -0.1) is 10.2 Å². The van der Waals surface area contributed by atoms with Crippen LogP contribution in [-0.2, 0) is 11.3 Å². The number of carbonyl (C=O) groups excluding carboxylic acids is 1. The lowest BCUT2D eigenvalue weighted by Crippen LogP contribution is -2.24. The average Bonchev–Trinajstić information content (AvgIpc) is 3.24. The highest BCUT2D eigenvalue weighted by molar-refractivity contribution is 8.00. The van der Waals surface area contributed by atoms with Crippen LogP contribution in [0.5, 0.6) is 0 Å². The lowest BCUT2D eigenvalue weighted by atomic mass is 9.97. The Bertz CT molecular complexity index is 1420. The van der Waals surface area contributed by atoms with Crippen LogP contribution in [0.1, 0.15) is 47.3 Å². The molecule has 4 rings (SSSR count). The Hall–Kier alpha value is -2.97. The summed E-state index contributed by atoms with van der Waals surface area (Å²) in [6.45, 7) is 11.6. The number of hydrogen-bond donors (Lipinski definition) is 0. The van der Waals surface area contributed by atoms with Crippen LogP contribution in [0.2, 0.25) is 0 Å². The molecule has 0 spiro atoms. The normalized spacial score (nSPS) is 12.5. The number of aromatic nitrogens is 4. The highest BCUT2D eigenvalue weighted by Gasteiger charge is 2.23. The van der Waals surface area contributed by atoms with Crippen LogP contribution in [0.25, 0.3) is 16.7 Å². The van der Waals surface area contributed by atoms with Gasteiger partial charge in [0.05, 0.1) is 16.2 Å². The van der Waals surface area contributed by atoms with Crippen molar-refractivity contribution >= 4 is 34.2 Å². The molecule has 0 saturated carbocycles. The standard InChI is InChI=1S/C26H30N4O3S/c1-6-33-13-9-12-29-24(32)20-10-7-8-11-22(20)30-25(29)27-28-26(30)34-19(5)23(31)21-15-17(3)16(2)14-18(21)4/h7-8,10-11,14-15,19H,6,9,12-13H2,1-5H3. The Morgan fingerprint density at radius 1 is 1.09 bits per heavy atom. The molecule has 1 unspecified atom stereocenters. The van der Waals surface area contributed by atoms with Gasteiger partial charge in [-0.1, -0.05) is 30.0 Å². The van der Waals surface area contributed by atoms with E-state index in [4.69, 9.17) is 4.74 Å². The molecule has 7 nitrogen and oxygen atoms in total. The Morgan fingerprint density at radius 2 is 1.82 bits per heavy atom. The Balaban J connectivity index is 1.74. The van der Waals surface area contributed by atoms with E-state index in [0.717, 1.165) is 22.2 Å². The fourth-order valence-corrected chi connectivity index (χ4v) is 5.06. The second kappa shape index (κ2) is 10.1. The van der Waals surface area contributed by atoms with E-state index in [9.17, 15) is 9.59 Å². The van der Waals surface area contributed by atoms with E-state index in [1.807, 2.05) is 62.4 Å². The van der Waals surface area contributed by atoms with Crippen molar-refractivity contribution in [2.75, 3.05) is 13.2 Å². The fourth-order valence-electron chi connectivity index (χ4n) is 4.14. The van der Waals surface area contributed by atoms with E-state index in [2.05, 4.69) is 23.2 Å². The van der Waals surface area contributed by atoms with Crippen LogP contribution < -0.4 is 5.56 Å². The van der Waals surface area contributed by atoms with Gasteiger partial charge in [0.2, 0.25) is 5.78 Å². The Kier molecular flexibility index (Phi) is 7.19. The van der Waals surface area contributed by atoms with E-state index < -0.39 is 0 Å². The lowest BCUT2D eigenvalue weighted by molar-refractivity contribution is 0.0993.